The summed E-state index contributed by atoms with van der Waals surface area (Å²) in [5, 5.41) is 3.35. The number of ether oxygens (including phenoxy) is 2. The standard InChI is InChI=1S/C29H29NO4/c1-3-33-28(31)25-20(2)30-27(23-15-10-16-23)26(24(25)18-17-21-11-6-4-7-12-21)29(32)34-19-22-13-8-5-9-14-22/h4-9,11-14,23-24,30H,3,10,15-16,19H2,1-2H3. The highest BCUT2D eigenvalue weighted by Gasteiger charge is 2.40. The van der Waals surface area contributed by atoms with Crippen molar-refractivity contribution in [3.8, 4) is 11.8 Å². The van der Waals surface area contributed by atoms with Gasteiger partial charge in [0.05, 0.1) is 23.7 Å². The second-order valence-electron chi connectivity index (χ2n) is 8.47. The van der Waals surface area contributed by atoms with Crippen molar-refractivity contribution in [2.75, 3.05) is 6.61 Å². The molecule has 1 unspecified atom stereocenters. The van der Waals surface area contributed by atoms with E-state index in [-0.39, 0.29) is 19.1 Å². The molecule has 1 atom stereocenters. The molecular formula is C29H29NO4. The van der Waals surface area contributed by atoms with E-state index in [1.54, 1.807) is 6.92 Å². The molecule has 2 aromatic rings. The maximum atomic E-state index is 13.5. The number of hydrogen-bond donors (Lipinski definition) is 1. The first-order valence-electron chi connectivity index (χ1n) is 11.7. The molecule has 1 fully saturated rings. The summed E-state index contributed by atoms with van der Waals surface area (Å²) < 4.78 is 11.1. The lowest BCUT2D eigenvalue weighted by Gasteiger charge is -2.36. The molecule has 1 aliphatic heterocycles. The van der Waals surface area contributed by atoms with Gasteiger partial charge in [0.1, 0.15) is 6.61 Å². The summed E-state index contributed by atoms with van der Waals surface area (Å²) in [5.74, 6) is 4.92. The quantitative estimate of drug-likeness (QED) is 0.496. The van der Waals surface area contributed by atoms with Crippen molar-refractivity contribution in [2.45, 2.75) is 39.7 Å². The maximum Gasteiger partial charge on any atom is 0.337 e. The molecule has 0 spiro atoms. The first-order chi connectivity index (χ1) is 16.6. The van der Waals surface area contributed by atoms with E-state index < -0.39 is 17.9 Å². The van der Waals surface area contributed by atoms with Gasteiger partial charge in [-0.25, -0.2) is 9.59 Å². The third-order valence-corrected chi connectivity index (χ3v) is 6.17. The Hall–Kier alpha value is -3.78. The molecule has 0 bridgehead atoms. The van der Waals surface area contributed by atoms with Crippen molar-refractivity contribution < 1.29 is 19.1 Å². The fourth-order valence-corrected chi connectivity index (χ4v) is 4.20. The van der Waals surface area contributed by atoms with Crippen LogP contribution in [0, 0.1) is 23.7 Å². The zero-order chi connectivity index (χ0) is 23.9. The van der Waals surface area contributed by atoms with E-state index in [2.05, 4.69) is 17.2 Å². The molecule has 34 heavy (non-hydrogen) atoms. The van der Waals surface area contributed by atoms with Gasteiger partial charge in [-0.15, -0.1) is 0 Å². The zero-order valence-corrected chi connectivity index (χ0v) is 19.6. The largest absolute Gasteiger partial charge is 0.463 e. The van der Waals surface area contributed by atoms with Gasteiger partial charge < -0.3 is 14.8 Å². The Morgan fingerprint density at radius 2 is 1.59 bits per heavy atom. The minimum absolute atomic E-state index is 0.150. The topological polar surface area (TPSA) is 64.6 Å². The minimum Gasteiger partial charge on any atom is -0.463 e. The van der Waals surface area contributed by atoms with Crippen LogP contribution in [0.3, 0.4) is 0 Å². The summed E-state index contributed by atoms with van der Waals surface area (Å²) in [4.78, 5) is 26.5. The van der Waals surface area contributed by atoms with E-state index in [9.17, 15) is 9.59 Å². The average molecular weight is 456 g/mol. The Balaban J connectivity index is 1.74. The summed E-state index contributed by atoms with van der Waals surface area (Å²) in [6.45, 7) is 3.99. The van der Waals surface area contributed by atoms with E-state index in [0.29, 0.717) is 16.8 Å². The van der Waals surface area contributed by atoms with Crippen LogP contribution in [0.1, 0.15) is 44.2 Å². The zero-order valence-electron chi connectivity index (χ0n) is 19.6. The number of allylic oxidation sites excluding steroid dienone is 2. The lowest BCUT2D eigenvalue weighted by molar-refractivity contribution is -0.141. The van der Waals surface area contributed by atoms with Gasteiger partial charge in [0.2, 0.25) is 0 Å². The third-order valence-electron chi connectivity index (χ3n) is 6.17. The molecule has 5 nitrogen and oxygen atoms in total. The normalized spacial score (nSPS) is 17.8. The average Bonchev–Trinajstić information content (AvgIpc) is 2.81. The van der Waals surface area contributed by atoms with E-state index in [1.165, 1.54) is 0 Å². The van der Waals surface area contributed by atoms with Crippen molar-refractivity contribution in [3.05, 3.63) is 94.3 Å². The second-order valence-corrected chi connectivity index (χ2v) is 8.47. The summed E-state index contributed by atoms with van der Waals surface area (Å²) in [7, 11) is 0. The molecule has 1 saturated carbocycles. The molecule has 0 radical (unpaired) electrons. The predicted octanol–water partition coefficient (Wildman–Crippen LogP) is 4.89. The van der Waals surface area contributed by atoms with Crippen molar-refractivity contribution in [3.63, 3.8) is 0 Å². The van der Waals surface area contributed by atoms with Crippen LogP contribution in [-0.2, 0) is 25.7 Å². The van der Waals surface area contributed by atoms with Crippen LogP contribution in [0.25, 0.3) is 0 Å². The summed E-state index contributed by atoms with van der Waals surface area (Å²) in [6.07, 6.45) is 3.08. The minimum atomic E-state index is -0.737. The number of carbonyl (C=O) groups excluding carboxylic acids is 2. The summed E-state index contributed by atoms with van der Waals surface area (Å²) in [6, 6.07) is 19.1. The molecule has 1 N–H and O–H groups in total. The number of nitrogens with one attached hydrogen (secondary N) is 1. The van der Waals surface area contributed by atoms with Gasteiger partial charge in [0.25, 0.3) is 0 Å². The molecule has 0 amide bonds. The molecule has 5 heteroatoms. The molecule has 0 saturated heterocycles. The van der Waals surface area contributed by atoms with Gasteiger partial charge in [-0.3, -0.25) is 0 Å². The van der Waals surface area contributed by atoms with E-state index >= 15 is 0 Å². The fourth-order valence-electron chi connectivity index (χ4n) is 4.20. The van der Waals surface area contributed by atoms with Crippen LogP contribution in [-0.4, -0.2) is 18.5 Å². The molecule has 2 aromatic carbocycles. The number of rotatable bonds is 6. The number of hydrogen-bond acceptors (Lipinski definition) is 5. The van der Waals surface area contributed by atoms with E-state index in [0.717, 1.165) is 36.1 Å². The molecule has 2 aliphatic rings. The Kier molecular flexibility index (Phi) is 7.49. The Bertz CT molecular complexity index is 1160. The Morgan fingerprint density at radius 3 is 2.21 bits per heavy atom. The smallest absolute Gasteiger partial charge is 0.337 e. The Morgan fingerprint density at radius 1 is 0.941 bits per heavy atom. The summed E-state index contributed by atoms with van der Waals surface area (Å²) in [5.41, 5.74) is 3.98. The van der Waals surface area contributed by atoms with Crippen molar-refractivity contribution >= 4 is 11.9 Å². The molecule has 0 aromatic heterocycles. The number of benzene rings is 2. The van der Waals surface area contributed by atoms with Gasteiger partial charge in [0.15, 0.2) is 0 Å². The van der Waals surface area contributed by atoms with Crippen molar-refractivity contribution in [2.24, 2.45) is 11.8 Å². The van der Waals surface area contributed by atoms with Crippen LogP contribution >= 0.6 is 0 Å². The van der Waals surface area contributed by atoms with Crippen LogP contribution in [0.2, 0.25) is 0 Å². The molecule has 174 valence electrons. The van der Waals surface area contributed by atoms with Crippen LogP contribution in [0.5, 0.6) is 0 Å². The van der Waals surface area contributed by atoms with Gasteiger partial charge in [-0.05, 0) is 50.3 Å². The molecular weight excluding hydrogens is 426 g/mol. The lowest BCUT2D eigenvalue weighted by Crippen LogP contribution is -2.37. The maximum absolute atomic E-state index is 13.5. The highest BCUT2D eigenvalue weighted by atomic mass is 16.5. The SMILES string of the molecule is CCOC(=O)C1=C(C)NC(C2CCC2)=C(C(=O)OCc2ccccc2)C1C#Cc1ccccc1. The van der Waals surface area contributed by atoms with E-state index in [1.807, 2.05) is 67.6 Å². The molecule has 1 aliphatic carbocycles. The van der Waals surface area contributed by atoms with Crippen LogP contribution in [0.4, 0.5) is 0 Å². The van der Waals surface area contributed by atoms with Gasteiger partial charge in [0, 0.05) is 17.0 Å². The Labute approximate surface area is 200 Å². The predicted molar refractivity (Wildman–Crippen MR) is 130 cm³/mol. The highest BCUT2D eigenvalue weighted by Crippen LogP contribution is 2.40. The van der Waals surface area contributed by atoms with Gasteiger partial charge in [-0.2, -0.15) is 0 Å². The summed E-state index contributed by atoms with van der Waals surface area (Å²) >= 11 is 0. The monoisotopic (exact) mass is 455 g/mol. The first-order valence-corrected chi connectivity index (χ1v) is 11.7. The number of dihydropyridines is 1. The lowest BCUT2D eigenvalue weighted by atomic mass is 9.75. The number of carbonyl (C=O) groups is 2. The van der Waals surface area contributed by atoms with Crippen molar-refractivity contribution in [1.82, 2.24) is 5.32 Å². The molecule has 4 rings (SSSR count). The first kappa shape index (κ1) is 23.4. The van der Waals surface area contributed by atoms with E-state index in [4.69, 9.17) is 9.47 Å². The number of esters is 2. The highest BCUT2D eigenvalue weighted by molar-refractivity contribution is 5.99. The van der Waals surface area contributed by atoms with Crippen LogP contribution in [0.15, 0.2) is 83.2 Å². The van der Waals surface area contributed by atoms with Crippen molar-refractivity contribution in [1.29, 1.82) is 0 Å². The van der Waals surface area contributed by atoms with Gasteiger partial charge in [-0.1, -0.05) is 66.8 Å². The fraction of sp³-hybridized carbons (Fsp3) is 0.310. The second kappa shape index (κ2) is 10.9. The van der Waals surface area contributed by atoms with Crippen LogP contribution < -0.4 is 5.32 Å². The van der Waals surface area contributed by atoms with Gasteiger partial charge >= 0.3 is 11.9 Å². The third kappa shape index (κ3) is 5.23. The molecule has 1 heterocycles.